The molecule has 0 aromatic heterocycles. The molecule has 3 nitrogen and oxygen atoms in total. The van der Waals surface area contributed by atoms with E-state index in [1.165, 1.54) is 0 Å². The molecule has 0 saturated carbocycles. The molecule has 0 aliphatic carbocycles. The van der Waals surface area contributed by atoms with Crippen molar-refractivity contribution in [2.75, 3.05) is 13.7 Å². The van der Waals surface area contributed by atoms with Gasteiger partial charge in [0.05, 0.1) is 17.3 Å². The summed E-state index contributed by atoms with van der Waals surface area (Å²) in [6.07, 6.45) is 0.792. The molecule has 0 saturated heterocycles. The van der Waals surface area contributed by atoms with E-state index in [4.69, 9.17) is 9.47 Å². The molecule has 76 valence electrons. The maximum atomic E-state index is 10.6. The van der Waals surface area contributed by atoms with Gasteiger partial charge in [0.2, 0.25) is 0 Å². The van der Waals surface area contributed by atoms with Crippen molar-refractivity contribution in [3.8, 4) is 11.5 Å². The average molecular weight is 306 g/mol. The third-order valence-electron chi connectivity index (χ3n) is 1.68. The summed E-state index contributed by atoms with van der Waals surface area (Å²) in [5, 5.41) is 0. The molecule has 1 aromatic carbocycles. The molecular formula is C10H11IO3. The largest absolute Gasteiger partial charge is 0.493 e. The van der Waals surface area contributed by atoms with Gasteiger partial charge in [-0.15, -0.1) is 0 Å². The van der Waals surface area contributed by atoms with Crippen molar-refractivity contribution in [2.45, 2.75) is 6.92 Å². The van der Waals surface area contributed by atoms with E-state index in [0.717, 1.165) is 9.86 Å². The quantitative estimate of drug-likeness (QED) is 0.633. The Balaban J connectivity index is 3.19. The number of hydrogen-bond acceptors (Lipinski definition) is 3. The number of methoxy groups -OCH3 is 1. The van der Waals surface area contributed by atoms with Crippen molar-refractivity contribution in [3.05, 3.63) is 21.3 Å². The Kier molecular flexibility index (Phi) is 4.19. The van der Waals surface area contributed by atoms with Gasteiger partial charge in [0.25, 0.3) is 0 Å². The minimum atomic E-state index is 0.576. The molecule has 1 rings (SSSR count). The number of halogens is 1. The Morgan fingerprint density at radius 1 is 1.50 bits per heavy atom. The van der Waals surface area contributed by atoms with Crippen molar-refractivity contribution < 1.29 is 14.3 Å². The number of benzene rings is 1. The fraction of sp³-hybridized carbons (Fsp3) is 0.300. The van der Waals surface area contributed by atoms with Crippen LogP contribution in [0.4, 0.5) is 0 Å². The Morgan fingerprint density at radius 3 is 2.71 bits per heavy atom. The van der Waals surface area contributed by atoms with Crippen molar-refractivity contribution in [3.63, 3.8) is 0 Å². The number of ether oxygens (including phenoxy) is 2. The van der Waals surface area contributed by atoms with Crippen molar-refractivity contribution in [2.24, 2.45) is 0 Å². The maximum absolute atomic E-state index is 10.6. The van der Waals surface area contributed by atoms with E-state index in [9.17, 15) is 4.79 Å². The van der Waals surface area contributed by atoms with Gasteiger partial charge < -0.3 is 9.47 Å². The monoisotopic (exact) mass is 306 g/mol. The number of rotatable bonds is 4. The van der Waals surface area contributed by atoms with Crippen LogP contribution in [0.5, 0.6) is 11.5 Å². The van der Waals surface area contributed by atoms with Crippen LogP contribution in [-0.4, -0.2) is 20.0 Å². The highest BCUT2D eigenvalue weighted by atomic mass is 127. The van der Waals surface area contributed by atoms with E-state index >= 15 is 0 Å². The Hall–Kier alpha value is -0.780. The summed E-state index contributed by atoms with van der Waals surface area (Å²) in [7, 11) is 1.56. The smallest absolute Gasteiger partial charge is 0.174 e. The van der Waals surface area contributed by atoms with E-state index in [-0.39, 0.29) is 0 Å². The zero-order valence-electron chi connectivity index (χ0n) is 8.04. The van der Waals surface area contributed by atoms with Crippen LogP contribution < -0.4 is 9.47 Å². The zero-order chi connectivity index (χ0) is 10.6. The molecule has 0 amide bonds. The topological polar surface area (TPSA) is 35.5 Å². The van der Waals surface area contributed by atoms with Crippen LogP contribution in [0.2, 0.25) is 0 Å². The molecule has 0 N–H and O–H groups in total. The first-order chi connectivity index (χ1) is 6.72. The summed E-state index contributed by atoms with van der Waals surface area (Å²) in [5.74, 6) is 1.29. The second-order valence-electron chi connectivity index (χ2n) is 2.58. The van der Waals surface area contributed by atoms with Gasteiger partial charge in [-0.05, 0) is 41.6 Å². The van der Waals surface area contributed by atoms with E-state index in [1.54, 1.807) is 19.2 Å². The summed E-state index contributed by atoms with van der Waals surface area (Å²) in [6.45, 7) is 2.48. The van der Waals surface area contributed by atoms with Crippen molar-refractivity contribution in [1.82, 2.24) is 0 Å². The summed E-state index contributed by atoms with van der Waals surface area (Å²) >= 11 is 2.12. The molecule has 0 aliphatic heterocycles. The predicted octanol–water partition coefficient (Wildman–Crippen LogP) is 2.51. The van der Waals surface area contributed by atoms with Gasteiger partial charge in [-0.2, -0.15) is 0 Å². The predicted molar refractivity (Wildman–Crippen MR) is 62.3 cm³/mol. The fourth-order valence-electron chi connectivity index (χ4n) is 1.09. The van der Waals surface area contributed by atoms with Gasteiger partial charge in [0.1, 0.15) is 6.29 Å². The van der Waals surface area contributed by atoms with Crippen LogP contribution in [0.15, 0.2) is 12.1 Å². The lowest BCUT2D eigenvalue weighted by molar-refractivity contribution is 0.112. The highest BCUT2D eigenvalue weighted by molar-refractivity contribution is 14.1. The van der Waals surface area contributed by atoms with E-state index in [1.807, 2.05) is 6.92 Å². The van der Waals surface area contributed by atoms with Crippen LogP contribution in [0.25, 0.3) is 0 Å². The lowest BCUT2D eigenvalue weighted by Gasteiger charge is -2.11. The Morgan fingerprint density at radius 2 is 2.21 bits per heavy atom. The molecule has 0 bridgehead atoms. The maximum Gasteiger partial charge on any atom is 0.174 e. The lowest BCUT2D eigenvalue weighted by atomic mass is 10.2. The lowest BCUT2D eigenvalue weighted by Crippen LogP contribution is -1.98. The molecule has 0 atom stereocenters. The summed E-state index contributed by atoms with van der Waals surface area (Å²) in [5.41, 5.74) is 0.592. The molecule has 0 unspecified atom stereocenters. The third-order valence-corrected chi connectivity index (χ3v) is 2.48. The number of aldehydes is 1. The van der Waals surface area contributed by atoms with E-state index in [2.05, 4.69) is 22.6 Å². The molecule has 14 heavy (non-hydrogen) atoms. The number of carbonyl (C=O) groups excluding carboxylic acids is 1. The van der Waals surface area contributed by atoms with E-state index < -0.39 is 0 Å². The van der Waals surface area contributed by atoms with Gasteiger partial charge in [-0.3, -0.25) is 4.79 Å². The van der Waals surface area contributed by atoms with Gasteiger partial charge >= 0.3 is 0 Å². The SMILES string of the molecule is CCOc1c(I)cc(C=O)cc1OC. The minimum absolute atomic E-state index is 0.576. The third kappa shape index (κ3) is 2.37. The van der Waals surface area contributed by atoms with Crippen LogP contribution in [0.1, 0.15) is 17.3 Å². The number of carbonyl (C=O) groups is 1. The molecule has 0 heterocycles. The second-order valence-corrected chi connectivity index (χ2v) is 3.75. The first-order valence-corrected chi connectivity index (χ1v) is 5.26. The van der Waals surface area contributed by atoms with Gasteiger partial charge in [0.15, 0.2) is 11.5 Å². The van der Waals surface area contributed by atoms with Crippen LogP contribution in [0.3, 0.4) is 0 Å². The van der Waals surface area contributed by atoms with Crippen molar-refractivity contribution in [1.29, 1.82) is 0 Å². The Labute approximate surface area is 96.5 Å². The van der Waals surface area contributed by atoms with Crippen LogP contribution in [-0.2, 0) is 0 Å². The molecule has 0 spiro atoms. The van der Waals surface area contributed by atoms with Crippen LogP contribution in [0, 0.1) is 3.57 Å². The fourth-order valence-corrected chi connectivity index (χ4v) is 1.87. The normalized spacial score (nSPS) is 9.64. The molecule has 0 aliphatic rings. The highest BCUT2D eigenvalue weighted by Gasteiger charge is 2.10. The summed E-state index contributed by atoms with van der Waals surface area (Å²) in [4.78, 5) is 10.6. The molecule has 1 aromatic rings. The standard InChI is InChI=1S/C10H11IO3/c1-3-14-10-8(11)4-7(6-12)5-9(10)13-2/h4-6H,3H2,1-2H3. The highest BCUT2D eigenvalue weighted by Crippen LogP contribution is 2.33. The summed E-state index contributed by atoms with van der Waals surface area (Å²) in [6, 6.07) is 3.43. The van der Waals surface area contributed by atoms with Gasteiger partial charge in [-0.1, -0.05) is 0 Å². The van der Waals surface area contributed by atoms with Gasteiger partial charge in [-0.25, -0.2) is 0 Å². The van der Waals surface area contributed by atoms with E-state index in [0.29, 0.717) is 23.7 Å². The first-order valence-electron chi connectivity index (χ1n) is 4.18. The second kappa shape index (κ2) is 5.19. The Bertz CT molecular complexity index is 336. The zero-order valence-corrected chi connectivity index (χ0v) is 10.2. The van der Waals surface area contributed by atoms with Crippen molar-refractivity contribution >= 4 is 28.9 Å². The molecule has 0 radical (unpaired) electrons. The molecule has 4 heteroatoms. The molecular weight excluding hydrogens is 295 g/mol. The van der Waals surface area contributed by atoms with Crippen LogP contribution >= 0.6 is 22.6 Å². The first kappa shape index (κ1) is 11.3. The molecule has 0 fully saturated rings. The average Bonchev–Trinajstić information content (AvgIpc) is 2.20. The summed E-state index contributed by atoms with van der Waals surface area (Å²) < 4.78 is 11.4. The minimum Gasteiger partial charge on any atom is -0.493 e. The van der Waals surface area contributed by atoms with Gasteiger partial charge in [0, 0.05) is 5.56 Å². The number of hydrogen-bond donors (Lipinski definition) is 0.